The van der Waals surface area contributed by atoms with E-state index in [2.05, 4.69) is 10.5 Å². The maximum Gasteiger partial charge on any atom is 0.211 e. The number of rotatable bonds is 1. The van der Waals surface area contributed by atoms with Crippen LogP contribution in [0.15, 0.2) is 17.1 Å². The molecular weight excluding hydrogens is 134 g/mol. The van der Waals surface area contributed by atoms with Gasteiger partial charge in [0, 0.05) is 6.08 Å². The third kappa shape index (κ3) is 1.29. The Morgan fingerprint density at radius 3 is 3.00 bits per heavy atom. The predicted molar refractivity (Wildman–Crippen MR) is 35.9 cm³/mol. The van der Waals surface area contributed by atoms with E-state index in [1.165, 1.54) is 13.2 Å². The van der Waals surface area contributed by atoms with Gasteiger partial charge in [0.1, 0.15) is 0 Å². The molecule has 0 radical (unpaired) electrons. The fraction of sp³-hybridized carbons (Fsp3) is 0.250. The minimum absolute atomic E-state index is 0.304. The maximum absolute atomic E-state index is 5.32. The zero-order valence-corrected chi connectivity index (χ0v) is 5.53. The van der Waals surface area contributed by atoms with Crippen molar-refractivity contribution < 1.29 is 4.74 Å². The Labute approximate surface area is 58.0 Å². The molecule has 0 aromatic heterocycles. The molecule has 0 atom stereocenters. The molecule has 10 heavy (non-hydrogen) atoms. The molecule has 0 aromatic rings. The van der Waals surface area contributed by atoms with E-state index in [9.17, 15) is 0 Å². The van der Waals surface area contributed by atoms with E-state index in [1.54, 1.807) is 0 Å². The van der Waals surface area contributed by atoms with Crippen LogP contribution >= 0.6 is 0 Å². The first-order valence-electron chi connectivity index (χ1n) is 2.63. The molecule has 6 heteroatoms. The molecule has 6 nitrogen and oxygen atoms in total. The Balaban J connectivity index is 2.70. The van der Waals surface area contributed by atoms with E-state index in [0.29, 0.717) is 11.7 Å². The Morgan fingerprint density at radius 2 is 2.50 bits per heavy atom. The number of hydrazine groups is 2. The molecule has 1 rings (SSSR count). The van der Waals surface area contributed by atoms with Gasteiger partial charge in [-0.2, -0.15) is 0 Å². The van der Waals surface area contributed by atoms with E-state index in [-0.39, 0.29) is 0 Å². The molecule has 1 aliphatic rings. The number of ether oxygens (including phenoxy) is 1. The molecule has 1 heterocycles. The first-order valence-corrected chi connectivity index (χ1v) is 2.63. The third-order valence-corrected chi connectivity index (χ3v) is 0.947. The number of hydrazone groups is 1. The van der Waals surface area contributed by atoms with Crippen LogP contribution < -0.4 is 17.0 Å². The molecule has 0 aromatic carbocycles. The highest BCUT2D eigenvalue weighted by atomic mass is 16.5. The molecular formula is C4H9N5O. The molecule has 0 unspecified atom stereocenters. The first-order chi connectivity index (χ1) is 4.72. The van der Waals surface area contributed by atoms with Gasteiger partial charge in [0.2, 0.25) is 5.88 Å². The fourth-order valence-corrected chi connectivity index (χ4v) is 0.562. The summed E-state index contributed by atoms with van der Waals surface area (Å²) in [5.41, 5.74) is 7.90. The van der Waals surface area contributed by atoms with Crippen LogP contribution in [0.5, 0.6) is 0 Å². The number of hydrogen-bond donors (Lipinski definition) is 3. The van der Waals surface area contributed by atoms with Crippen LogP contribution in [0, 0.1) is 0 Å². The third-order valence-electron chi connectivity index (χ3n) is 0.947. The molecule has 0 saturated carbocycles. The first kappa shape index (κ1) is 6.69. The van der Waals surface area contributed by atoms with Gasteiger partial charge in [-0.25, -0.2) is 11.3 Å². The van der Waals surface area contributed by atoms with Crippen LogP contribution in [0.25, 0.3) is 0 Å². The van der Waals surface area contributed by atoms with Crippen molar-refractivity contribution in [3.05, 3.63) is 12.0 Å². The molecule has 5 N–H and O–H groups in total. The fourth-order valence-electron chi connectivity index (χ4n) is 0.562. The monoisotopic (exact) mass is 143 g/mol. The highest BCUT2D eigenvalue weighted by Gasteiger charge is 2.06. The van der Waals surface area contributed by atoms with Crippen LogP contribution in [0.3, 0.4) is 0 Å². The SMILES string of the molecule is COC1=CC(N)=NN(N)N1. The summed E-state index contributed by atoms with van der Waals surface area (Å²) in [6.45, 7) is 0. The number of amidine groups is 1. The second-order valence-corrected chi connectivity index (χ2v) is 1.69. The van der Waals surface area contributed by atoms with E-state index in [4.69, 9.17) is 16.3 Å². The van der Waals surface area contributed by atoms with Crippen molar-refractivity contribution >= 4 is 5.84 Å². The predicted octanol–water partition coefficient (Wildman–Crippen LogP) is -1.56. The minimum Gasteiger partial charge on any atom is -0.481 e. The van der Waals surface area contributed by atoms with Gasteiger partial charge in [-0.3, -0.25) is 0 Å². The summed E-state index contributed by atoms with van der Waals surface area (Å²) in [7, 11) is 1.51. The summed E-state index contributed by atoms with van der Waals surface area (Å²) in [6.07, 6.45) is 1.53. The average molecular weight is 143 g/mol. The molecule has 0 amide bonds. The summed E-state index contributed by atoms with van der Waals surface area (Å²) in [6, 6.07) is 0. The molecule has 0 spiro atoms. The van der Waals surface area contributed by atoms with E-state index in [0.717, 1.165) is 5.23 Å². The largest absolute Gasteiger partial charge is 0.481 e. The van der Waals surface area contributed by atoms with Gasteiger partial charge in [0.25, 0.3) is 0 Å². The number of nitrogens with two attached hydrogens (primary N) is 2. The molecule has 0 aliphatic carbocycles. The van der Waals surface area contributed by atoms with Gasteiger partial charge in [-0.15, -0.1) is 10.3 Å². The lowest BCUT2D eigenvalue weighted by molar-refractivity contribution is 0.141. The summed E-state index contributed by atoms with van der Waals surface area (Å²) >= 11 is 0. The molecule has 0 bridgehead atoms. The van der Waals surface area contributed by atoms with Gasteiger partial charge in [0.05, 0.1) is 7.11 Å². The summed E-state index contributed by atoms with van der Waals surface area (Å²) in [4.78, 5) is 0. The Kier molecular flexibility index (Phi) is 1.63. The van der Waals surface area contributed by atoms with E-state index < -0.39 is 0 Å². The molecule has 0 saturated heterocycles. The highest BCUT2D eigenvalue weighted by Crippen LogP contribution is 1.95. The number of nitrogens with one attached hydrogen (secondary N) is 1. The van der Waals surface area contributed by atoms with Gasteiger partial charge in [-0.1, -0.05) is 0 Å². The molecule has 1 aliphatic heterocycles. The minimum atomic E-state index is 0.304. The van der Waals surface area contributed by atoms with E-state index >= 15 is 0 Å². The van der Waals surface area contributed by atoms with Crippen molar-refractivity contribution in [3.8, 4) is 0 Å². The van der Waals surface area contributed by atoms with Crippen molar-refractivity contribution in [2.75, 3.05) is 7.11 Å². The van der Waals surface area contributed by atoms with E-state index in [1.807, 2.05) is 0 Å². The lowest BCUT2D eigenvalue weighted by atomic mass is 10.5. The average Bonchev–Trinajstić information content (AvgIpc) is 1.85. The standard InChI is InChI=1S/C4H9N5O/c1-10-4-2-3(5)7-9(6)8-4/h2,8H,6H2,1H3,(H2,5,7). The summed E-state index contributed by atoms with van der Waals surface area (Å²) in [5, 5.41) is 4.60. The smallest absolute Gasteiger partial charge is 0.211 e. The van der Waals surface area contributed by atoms with Crippen LogP contribution in [0.2, 0.25) is 0 Å². The zero-order valence-electron chi connectivity index (χ0n) is 5.53. The van der Waals surface area contributed by atoms with Gasteiger partial charge in [-0.05, 0) is 0 Å². The maximum atomic E-state index is 5.32. The number of methoxy groups -OCH3 is 1. The quantitative estimate of drug-likeness (QED) is 0.386. The highest BCUT2D eigenvalue weighted by molar-refractivity contribution is 5.91. The Bertz CT molecular complexity index is 186. The number of nitrogens with zero attached hydrogens (tertiary/aromatic N) is 2. The van der Waals surface area contributed by atoms with Gasteiger partial charge >= 0.3 is 0 Å². The number of hydrogen-bond acceptors (Lipinski definition) is 6. The van der Waals surface area contributed by atoms with Crippen molar-refractivity contribution in [3.63, 3.8) is 0 Å². The van der Waals surface area contributed by atoms with Crippen molar-refractivity contribution in [1.82, 2.24) is 10.7 Å². The zero-order chi connectivity index (χ0) is 7.56. The van der Waals surface area contributed by atoms with Crippen LogP contribution in [0.4, 0.5) is 0 Å². The second-order valence-electron chi connectivity index (χ2n) is 1.69. The lowest BCUT2D eigenvalue weighted by Crippen LogP contribution is -2.43. The van der Waals surface area contributed by atoms with Crippen LogP contribution in [-0.2, 0) is 4.74 Å². The lowest BCUT2D eigenvalue weighted by Gasteiger charge is -2.19. The van der Waals surface area contributed by atoms with Crippen LogP contribution in [0.1, 0.15) is 0 Å². The van der Waals surface area contributed by atoms with Crippen molar-refractivity contribution in [1.29, 1.82) is 0 Å². The van der Waals surface area contributed by atoms with Gasteiger partial charge in [0.15, 0.2) is 5.84 Å². The Hall–Kier alpha value is -1.43. The second kappa shape index (κ2) is 2.44. The topological polar surface area (TPSA) is 88.9 Å². The summed E-state index contributed by atoms with van der Waals surface area (Å²) in [5.74, 6) is 6.00. The van der Waals surface area contributed by atoms with Crippen molar-refractivity contribution in [2.24, 2.45) is 16.7 Å². The van der Waals surface area contributed by atoms with Crippen LogP contribution in [-0.4, -0.2) is 18.2 Å². The van der Waals surface area contributed by atoms with Crippen molar-refractivity contribution in [2.45, 2.75) is 0 Å². The Morgan fingerprint density at radius 1 is 1.80 bits per heavy atom. The molecule has 56 valence electrons. The van der Waals surface area contributed by atoms with Gasteiger partial charge < -0.3 is 10.5 Å². The normalized spacial score (nSPS) is 17.2. The molecule has 0 fully saturated rings. The summed E-state index contributed by atoms with van der Waals surface area (Å²) < 4.78 is 4.80.